The van der Waals surface area contributed by atoms with E-state index in [2.05, 4.69) is 38.0 Å². The van der Waals surface area contributed by atoms with Crippen molar-refractivity contribution >= 4 is 17.4 Å². The fourth-order valence-electron chi connectivity index (χ4n) is 1.80. The number of ether oxygens (including phenoxy) is 1. The van der Waals surface area contributed by atoms with Gasteiger partial charge in [0.15, 0.2) is 11.6 Å². The zero-order valence-electron chi connectivity index (χ0n) is 12.4. The van der Waals surface area contributed by atoms with Gasteiger partial charge >= 0.3 is 0 Å². The van der Waals surface area contributed by atoms with Gasteiger partial charge in [-0.3, -0.25) is 0 Å². The number of anilines is 1. The second-order valence-corrected chi connectivity index (χ2v) is 6.56. The minimum Gasteiger partial charge on any atom is -0.490 e. The lowest BCUT2D eigenvalue weighted by Gasteiger charge is -2.22. The van der Waals surface area contributed by atoms with Crippen molar-refractivity contribution in [2.75, 3.05) is 18.5 Å². The van der Waals surface area contributed by atoms with Gasteiger partial charge in [-0.1, -0.05) is 27.7 Å². The number of hydrogen-bond donors (Lipinski definition) is 1. The van der Waals surface area contributed by atoms with Gasteiger partial charge in [-0.15, -0.1) is 11.6 Å². The molecule has 1 aromatic heterocycles. The molecule has 0 spiro atoms. The van der Waals surface area contributed by atoms with Crippen LogP contribution in [0.1, 0.15) is 40.5 Å². The molecule has 0 bridgehead atoms. The molecule has 0 saturated heterocycles. The molecule has 1 aromatic rings. The van der Waals surface area contributed by atoms with Gasteiger partial charge in [0, 0.05) is 12.7 Å². The fraction of sp³-hybridized carbons (Fsp3) is 0.667. The van der Waals surface area contributed by atoms with Crippen LogP contribution >= 0.6 is 11.6 Å². The third kappa shape index (κ3) is 6.67. The van der Waals surface area contributed by atoms with Crippen molar-refractivity contribution in [2.24, 2.45) is 5.41 Å². The van der Waals surface area contributed by atoms with Crippen molar-refractivity contribution in [3.05, 3.63) is 18.3 Å². The summed E-state index contributed by atoms with van der Waals surface area (Å²) in [5.41, 5.74) is 0.236. The number of nitrogens with zero attached hydrogens (tertiary/aromatic N) is 1. The average molecular weight is 285 g/mol. The third-order valence-corrected chi connectivity index (χ3v) is 2.87. The van der Waals surface area contributed by atoms with Crippen LogP contribution in [0.4, 0.5) is 5.82 Å². The van der Waals surface area contributed by atoms with Gasteiger partial charge < -0.3 is 10.1 Å². The molecule has 0 amide bonds. The van der Waals surface area contributed by atoms with Crippen molar-refractivity contribution in [3.63, 3.8) is 0 Å². The molecule has 0 fully saturated rings. The Hall–Kier alpha value is -0.960. The predicted molar refractivity (Wildman–Crippen MR) is 82.2 cm³/mol. The number of pyridine rings is 1. The molecule has 1 rings (SSSR count). The first-order chi connectivity index (χ1) is 8.92. The lowest BCUT2D eigenvalue weighted by molar-refractivity contribution is 0.317. The Balaban J connectivity index is 2.52. The monoisotopic (exact) mass is 284 g/mol. The first-order valence-electron chi connectivity index (χ1n) is 6.88. The maximum Gasteiger partial charge on any atom is 0.168 e. The maximum atomic E-state index is 6.34. The molecular formula is C15H25ClN2O. The van der Waals surface area contributed by atoms with E-state index in [1.807, 2.05) is 12.1 Å². The van der Waals surface area contributed by atoms with E-state index in [4.69, 9.17) is 16.3 Å². The number of hydrogen-bond acceptors (Lipinski definition) is 3. The first kappa shape index (κ1) is 16.1. The van der Waals surface area contributed by atoms with E-state index in [0.717, 1.165) is 24.4 Å². The fourth-order valence-corrected chi connectivity index (χ4v) is 2.34. The summed E-state index contributed by atoms with van der Waals surface area (Å²) in [5.74, 6) is 1.57. The van der Waals surface area contributed by atoms with Crippen molar-refractivity contribution in [3.8, 4) is 5.75 Å². The molecule has 3 nitrogen and oxygen atoms in total. The molecule has 1 heterocycles. The molecule has 0 aliphatic rings. The van der Waals surface area contributed by atoms with Crippen LogP contribution in [0.5, 0.6) is 5.75 Å². The van der Waals surface area contributed by atoms with Gasteiger partial charge in [-0.2, -0.15) is 0 Å². The summed E-state index contributed by atoms with van der Waals surface area (Å²) in [6.07, 6.45) is 3.70. The summed E-state index contributed by atoms with van der Waals surface area (Å²) in [6, 6.07) is 3.81. The molecule has 0 saturated carbocycles. The van der Waals surface area contributed by atoms with Gasteiger partial charge in [-0.05, 0) is 30.4 Å². The molecule has 1 unspecified atom stereocenters. The third-order valence-electron chi connectivity index (χ3n) is 2.56. The molecule has 1 atom stereocenters. The quantitative estimate of drug-likeness (QED) is 0.757. The van der Waals surface area contributed by atoms with Crippen LogP contribution in [0, 0.1) is 5.41 Å². The molecular weight excluding hydrogens is 260 g/mol. The van der Waals surface area contributed by atoms with Gasteiger partial charge in [-0.25, -0.2) is 4.98 Å². The highest BCUT2D eigenvalue weighted by Crippen LogP contribution is 2.25. The van der Waals surface area contributed by atoms with Crippen LogP contribution in [0.3, 0.4) is 0 Å². The Kier molecular flexibility index (Phi) is 6.43. The van der Waals surface area contributed by atoms with Gasteiger partial charge in [0.2, 0.25) is 0 Å². The molecule has 0 aliphatic carbocycles. The summed E-state index contributed by atoms with van der Waals surface area (Å²) in [6.45, 7) is 10.1. The van der Waals surface area contributed by atoms with E-state index in [9.17, 15) is 0 Å². The summed E-state index contributed by atoms with van der Waals surface area (Å²) >= 11 is 6.34. The van der Waals surface area contributed by atoms with E-state index in [1.165, 1.54) is 0 Å². The van der Waals surface area contributed by atoms with E-state index in [-0.39, 0.29) is 10.8 Å². The lowest BCUT2D eigenvalue weighted by atomic mass is 9.90. The largest absolute Gasteiger partial charge is 0.490 e. The Bertz CT molecular complexity index is 377. The number of rotatable bonds is 7. The van der Waals surface area contributed by atoms with Gasteiger partial charge in [0.1, 0.15) is 0 Å². The van der Waals surface area contributed by atoms with Crippen LogP contribution in [0.25, 0.3) is 0 Å². The summed E-state index contributed by atoms with van der Waals surface area (Å²) in [5, 5.41) is 3.36. The Labute approximate surface area is 121 Å². The molecule has 19 heavy (non-hydrogen) atoms. The van der Waals surface area contributed by atoms with Gasteiger partial charge in [0.25, 0.3) is 0 Å². The van der Waals surface area contributed by atoms with Crippen molar-refractivity contribution in [2.45, 2.75) is 45.9 Å². The molecule has 1 N–H and O–H groups in total. The zero-order chi connectivity index (χ0) is 14.3. The highest BCUT2D eigenvalue weighted by atomic mass is 35.5. The Morgan fingerprint density at radius 3 is 2.79 bits per heavy atom. The second-order valence-electron chi connectivity index (χ2n) is 5.94. The summed E-state index contributed by atoms with van der Waals surface area (Å²) < 4.78 is 5.65. The van der Waals surface area contributed by atoms with Crippen LogP contribution in [-0.4, -0.2) is 23.5 Å². The Morgan fingerprint density at radius 2 is 2.16 bits per heavy atom. The highest BCUT2D eigenvalue weighted by molar-refractivity contribution is 6.20. The van der Waals surface area contributed by atoms with E-state index in [0.29, 0.717) is 13.2 Å². The topological polar surface area (TPSA) is 34.1 Å². The van der Waals surface area contributed by atoms with Crippen LogP contribution in [-0.2, 0) is 0 Å². The summed E-state index contributed by atoms with van der Waals surface area (Å²) in [4.78, 5) is 4.31. The highest BCUT2D eigenvalue weighted by Gasteiger charge is 2.17. The minimum absolute atomic E-state index is 0.0843. The first-order valence-corrected chi connectivity index (χ1v) is 7.32. The minimum atomic E-state index is 0.0843. The van der Waals surface area contributed by atoms with Crippen molar-refractivity contribution in [1.82, 2.24) is 4.98 Å². The van der Waals surface area contributed by atoms with Crippen LogP contribution in [0.2, 0.25) is 0 Å². The zero-order valence-corrected chi connectivity index (χ0v) is 13.1. The number of alkyl halides is 1. The molecule has 108 valence electrons. The molecule has 4 heteroatoms. The van der Waals surface area contributed by atoms with E-state index >= 15 is 0 Å². The van der Waals surface area contributed by atoms with Crippen molar-refractivity contribution < 1.29 is 4.74 Å². The van der Waals surface area contributed by atoms with Crippen LogP contribution < -0.4 is 10.1 Å². The second kappa shape index (κ2) is 7.59. The van der Waals surface area contributed by atoms with Crippen molar-refractivity contribution in [1.29, 1.82) is 0 Å². The SMILES string of the molecule is CCCOc1cccnc1NCC(Cl)CC(C)(C)C. The smallest absolute Gasteiger partial charge is 0.168 e. The molecule has 0 radical (unpaired) electrons. The normalized spacial score (nSPS) is 13.1. The van der Waals surface area contributed by atoms with Crippen LogP contribution in [0.15, 0.2) is 18.3 Å². The Morgan fingerprint density at radius 1 is 1.42 bits per heavy atom. The van der Waals surface area contributed by atoms with E-state index in [1.54, 1.807) is 6.20 Å². The lowest BCUT2D eigenvalue weighted by Crippen LogP contribution is -2.21. The molecule has 0 aromatic carbocycles. The van der Waals surface area contributed by atoms with Gasteiger partial charge in [0.05, 0.1) is 12.0 Å². The number of nitrogens with one attached hydrogen (secondary N) is 1. The van der Waals surface area contributed by atoms with E-state index < -0.39 is 0 Å². The number of halogens is 1. The predicted octanol–water partition coefficient (Wildman–Crippen LogP) is 4.33. The number of aromatic nitrogens is 1. The molecule has 0 aliphatic heterocycles. The summed E-state index contributed by atoms with van der Waals surface area (Å²) in [7, 11) is 0. The average Bonchev–Trinajstić information content (AvgIpc) is 2.32. The standard InChI is InChI=1S/C15H25ClN2O/c1-5-9-19-13-7-6-8-17-14(13)18-11-12(16)10-15(2,3)4/h6-8,12H,5,9-11H2,1-4H3,(H,17,18). The maximum absolute atomic E-state index is 6.34.